The Hall–Kier alpha value is -4.10. The minimum Gasteiger partial charge on any atom is -0.402 e. The first-order valence-electron chi connectivity index (χ1n) is 12.9. The van der Waals surface area contributed by atoms with Crippen molar-refractivity contribution in [3.05, 3.63) is 74.6 Å². The van der Waals surface area contributed by atoms with Crippen LogP contribution in [0.2, 0.25) is 0 Å². The molecule has 1 saturated heterocycles. The van der Waals surface area contributed by atoms with Crippen molar-refractivity contribution in [2.24, 2.45) is 4.99 Å². The Labute approximate surface area is 237 Å². The Morgan fingerprint density at radius 2 is 1.85 bits per heavy atom. The standard InChI is InChI=1S/C28H25F3N6O3S/c1-15-16(2)41-21-13-20(38)25(33-23(22(15)21)17-6-4-3-5-7-17)34-27-36-35-26(40-27)24-19(37-8-10-39-11-9-37)12-18(14-32-24)28(29,30)31/h3-7,12,14,25H,8-11,13H2,1-2H3,(H,34,36)/t25-/m0/s1. The smallest absolute Gasteiger partial charge is 0.402 e. The molecule has 0 spiro atoms. The maximum absolute atomic E-state index is 13.5. The van der Waals surface area contributed by atoms with Crippen molar-refractivity contribution in [3.8, 4) is 11.6 Å². The van der Waals surface area contributed by atoms with Gasteiger partial charge in [0, 0.05) is 46.6 Å². The van der Waals surface area contributed by atoms with Gasteiger partial charge in [0.25, 0.3) is 5.89 Å². The van der Waals surface area contributed by atoms with Crippen LogP contribution < -0.4 is 10.2 Å². The van der Waals surface area contributed by atoms with Crippen molar-refractivity contribution in [2.75, 3.05) is 36.5 Å². The quantitative estimate of drug-likeness (QED) is 0.348. The minimum absolute atomic E-state index is 0.0818. The molecule has 2 aliphatic rings. The zero-order chi connectivity index (χ0) is 28.7. The van der Waals surface area contributed by atoms with Crippen LogP contribution in [0.5, 0.6) is 0 Å². The highest BCUT2D eigenvalue weighted by Crippen LogP contribution is 2.37. The van der Waals surface area contributed by atoms with Crippen LogP contribution in [0.3, 0.4) is 0 Å². The molecule has 1 fully saturated rings. The molecular weight excluding hydrogens is 557 g/mol. The number of rotatable bonds is 5. The number of alkyl halides is 3. The fourth-order valence-corrected chi connectivity index (χ4v) is 6.08. The maximum Gasteiger partial charge on any atom is 0.417 e. The van der Waals surface area contributed by atoms with E-state index in [-0.39, 0.29) is 35.5 Å². The van der Waals surface area contributed by atoms with Gasteiger partial charge in [-0.1, -0.05) is 35.4 Å². The monoisotopic (exact) mass is 582 g/mol. The Morgan fingerprint density at radius 1 is 1.10 bits per heavy atom. The van der Waals surface area contributed by atoms with Crippen molar-refractivity contribution in [3.63, 3.8) is 0 Å². The van der Waals surface area contributed by atoms with E-state index in [0.717, 1.165) is 38.7 Å². The van der Waals surface area contributed by atoms with E-state index in [0.29, 0.717) is 32.0 Å². The van der Waals surface area contributed by atoms with Crippen molar-refractivity contribution in [2.45, 2.75) is 32.6 Å². The Morgan fingerprint density at radius 3 is 2.59 bits per heavy atom. The summed E-state index contributed by atoms with van der Waals surface area (Å²) < 4.78 is 51.6. The molecule has 1 aromatic carbocycles. The number of carbonyl (C=O) groups is 1. The summed E-state index contributed by atoms with van der Waals surface area (Å²) in [7, 11) is 0. The molecule has 0 unspecified atom stereocenters. The van der Waals surface area contributed by atoms with E-state index < -0.39 is 17.9 Å². The highest BCUT2D eigenvalue weighted by molar-refractivity contribution is 7.12. The number of carbonyl (C=O) groups excluding carboxylic acids is 1. The first kappa shape index (κ1) is 27.1. The maximum atomic E-state index is 13.5. The highest BCUT2D eigenvalue weighted by Gasteiger charge is 2.34. The third-order valence-electron chi connectivity index (χ3n) is 7.07. The second-order valence-corrected chi connectivity index (χ2v) is 11.0. The third-order valence-corrected chi connectivity index (χ3v) is 8.28. The normalized spacial score (nSPS) is 17.7. The summed E-state index contributed by atoms with van der Waals surface area (Å²) in [5.74, 6) is -0.263. The van der Waals surface area contributed by atoms with Crippen LogP contribution in [-0.2, 0) is 22.1 Å². The van der Waals surface area contributed by atoms with Gasteiger partial charge in [-0.2, -0.15) is 13.2 Å². The number of anilines is 2. The molecule has 4 aromatic rings. The van der Waals surface area contributed by atoms with Gasteiger partial charge < -0.3 is 19.4 Å². The van der Waals surface area contributed by atoms with Crippen LogP contribution in [-0.4, -0.2) is 59.1 Å². The number of fused-ring (bicyclic) bond motifs is 1. The van der Waals surface area contributed by atoms with Crippen LogP contribution in [0.15, 0.2) is 52.0 Å². The van der Waals surface area contributed by atoms with Crippen LogP contribution >= 0.6 is 11.3 Å². The summed E-state index contributed by atoms with van der Waals surface area (Å²) in [5, 5.41) is 11.0. The molecule has 0 radical (unpaired) electrons. The number of aliphatic imine (C=N–C) groups is 1. The third kappa shape index (κ3) is 5.34. The van der Waals surface area contributed by atoms with Crippen LogP contribution in [0.4, 0.5) is 24.9 Å². The Balaban J connectivity index is 1.35. The first-order chi connectivity index (χ1) is 19.7. The molecule has 0 saturated carbocycles. The second kappa shape index (κ2) is 10.7. The number of nitrogens with one attached hydrogen (secondary N) is 1. The summed E-state index contributed by atoms with van der Waals surface area (Å²) in [6.07, 6.45) is -4.67. The average Bonchev–Trinajstić information content (AvgIpc) is 3.50. The summed E-state index contributed by atoms with van der Waals surface area (Å²) >= 11 is 1.58. The fourth-order valence-electron chi connectivity index (χ4n) is 4.89. The topological polar surface area (TPSA) is 106 Å². The van der Waals surface area contributed by atoms with Crippen LogP contribution in [0.25, 0.3) is 11.6 Å². The lowest BCUT2D eigenvalue weighted by molar-refractivity contribution is -0.137. The molecule has 0 bridgehead atoms. The summed E-state index contributed by atoms with van der Waals surface area (Å²) in [6, 6.07) is 10.5. The molecular formula is C28H25F3N6O3S. The number of thiophene rings is 1. The van der Waals surface area contributed by atoms with Gasteiger partial charge in [0.1, 0.15) is 0 Å². The first-order valence-corrected chi connectivity index (χ1v) is 13.8. The second-order valence-electron chi connectivity index (χ2n) is 9.72. The predicted octanol–water partition coefficient (Wildman–Crippen LogP) is 5.07. The van der Waals surface area contributed by atoms with E-state index in [1.807, 2.05) is 44.2 Å². The lowest BCUT2D eigenvalue weighted by atomic mass is 9.98. The van der Waals surface area contributed by atoms with Gasteiger partial charge in [-0.05, 0) is 25.5 Å². The van der Waals surface area contributed by atoms with Crippen LogP contribution in [0.1, 0.15) is 32.0 Å². The zero-order valence-corrected chi connectivity index (χ0v) is 23.0. The van der Waals surface area contributed by atoms with Crippen molar-refractivity contribution in [1.29, 1.82) is 0 Å². The van der Waals surface area contributed by atoms with Crippen LogP contribution in [0, 0.1) is 13.8 Å². The lowest BCUT2D eigenvalue weighted by Gasteiger charge is -2.30. The molecule has 5 heterocycles. The molecule has 2 aliphatic heterocycles. The summed E-state index contributed by atoms with van der Waals surface area (Å²) in [4.78, 5) is 26.0. The van der Waals surface area contributed by atoms with E-state index in [9.17, 15) is 18.0 Å². The van der Waals surface area contributed by atoms with Crippen molar-refractivity contribution < 1.29 is 27.1 Å². The Bertz CT molecular complexity index is 1630. The summed E-state index contributed by atoms with van der Waals surface area (Å²) in [5.41, 5.74) is 3.01. The van der Waals surface area contributed by atoms with E-state index in [2.05, 4.69) is 20.5 Å². The minimum atomic E-state index is -4.57. The molecule has 6 rings (SSSR count). The number of benzene rings is 1. The van der Waals surface area contributed by atoms with Gasteiger partial charge in [0.2, 0.25) is 0 Å². The van der Waals surface area contributed by atoms with Gasteiger partial charge in [0.05, 0.1) is 30.2 Å². The van der Waals surface area contributed by atoms with Crippen molar-refractivity contribution in [1.82, 2.24) is 15.2 Å². The lowest BCUT2D eigenvalue weighted by Crippen LogP contribution is -2.36. The number of halogens is 3. The SMILES string of the molecule is Cc1sc2c(c1C)C(c1ccccc1)=N[C@@H](Nc1nnc(-c3ncc(C(F)(F)F)cc3N3CCOCC3)o1)C(=O)C2. The molecule has 0 aliphatic carbocycles. The number of hydrogen-bond acceptors (Lipinski definition) is 10. The van der Waals surface area contributed by atoms with Gasteiger partial charge in [-0.25, -0.2) is 4.98 Å². The fraction of sp³-hybridized carbons (Fsp3) is 0.321. The molecule has 0 amide bonds. The number of aryl methyl sites for hydroxylation is 1. The number of Topliss-reactive ketones (excluding diaryl/α,β-unsaturated/α-hetero) is 1. The van der Waals surface area contributed by atoms with E-state index >= 15 is 0 Å². The largest absolute Gasteiger partial charge is 0.417 e. The molecule has 212 valence electrons. The van der Waals surface area contributed by atoms with Crippen molar-refractivity contribution >= 4 is 34.5 Å². The zero-order valence-electron chi connectivity index (χ0n) is 22.2. The van der Waals surface area contributed by atoms with Gasteiger partial charge in [-0.3, -0.25) is 9.79 Å². The molecule has 1 N–H and O–H groups in total. The van der Waals surface area contributed by atoms with E-state index in [1.54, 1.807) is 16.2 Å². The number of hydrogen-bond donors (Lipinski definition) is 1. The number of morpholine rings is 1. The predicted molar refractivity (Wildman–Crippen MR) is 148 cm³/mol. The molecule has 1 atom stereocenters. The Kier molecular flexibility index (Phi) is 7.08. The van der Waals surface area contributed by atoms with Gasteiger partial charge in [-0.15, -0.1) is 16.4 Å². The van der Waals surface area contributed by atoms with E-state index in [4.69, 9.17) is 14.1 Å². The number of ether oxygens (including phenoxy) is 1. The number of nitrogens with zero attached hydrogens (tertiary/aromatic N) is 5. The number of ketones is 1. The highest BCUT2D eigenvalue weighted by atomic mass is 32.1. The van der Waals surface area contributed by atoms with E-state index in [1.165, 1.54) is 0 Å². The number of pyridine rings is 1. The van der Waals surface area contributed by atoms with Gasteiger partial charge in [0.15, 0.2) is 17.6 Å². The molecule has 41 heavy (non-hydrogen) atoms. The molecule has 3 aromatic heterocycles. The molecule has 9 nitrogen and oxygen atoms in total. The van der Waals surface area contributed by atoms with Gasteiger partial charge >= 0.3 is 12.2 Å². The molecule has 13 heteroatoms. The summed E-state index contributed by atoms with van der Waals surface area (Å²) in [6.45, 7) is 5.54. The average molecular weight is 583 g/mol. The number of aromatic nitrogens is 3.